The van der Waals surface area contributed by atoms with Crippen LogP contribution in [0.5, 0.6) is 0 Å². The average Bonchev–Trinajstić information content (AvgIpc) is 2.99. The molecule has 1 aromatic heterocycles. The van der Waals surface area contributed by atoms with E-state index >= 15 is 0 Å². The lowest BCUT2D eigenvalue weighted by atomic mass is 10.2. The molecule has 0 atom stereocenters. The fourth-order valence-corrected chi connectivity index (χ4v) is 1.40. The van der Waals surface area contributed by atoms with E-state index in [1.165, 1.54) is 6.20 Å². The normalized spacial score (nSPS) is 10.8. The molecule has 20 heavy (non-hydrogen) atoms. The predicted molar refractivity (Wildman–Crippen MR) is 70.6 cm³/mol. The summed E-state index contributed by atoms with van der Waals surface area (Å²) in [5.74, 6) is 5.92. The summed E-state index contributed by atoms with van der Waals surface area (Å²) in [7, 11) is 1.58. The fraction of sp³-hybridized carbons (Fsp3) is 0.154. The Morgan fingerprint density at radius 3 is 3.15 bits per heavy atom. The van der Waals surface area contributed by atoms with Gasteiger partial charge in [-0.25, -0.2) is 9.62 Å². The third-order valence-corrected chi connectivity index (χ3v) is 2.25. The largest absolute Gasteiger partial charge is 0.372 e. The summed E-state index contributed by atoms with van der Waals surface area (Å²) in [5.41, 5.74) is 3.65. The standard InChI is InChI=1S/C13H12N4O3/c1-19-7-3-5-10-4-2-6-11(8-10)15-13(16-18)12-9-14-20-17-12/h2,4,6,8-9,18H,7H2,1H3,(H,15,16). The minimum atomic E-state index is 0.133. The summed E-state index contributed by atoms with van der Waals surface area (Å²) in [6, 6.07) is 7.21. The SMILES string of the molecule is COCC#Cc1cccc(N=C(NO)c2cnon2)c1. The second kappa shape index (κ2) is 7.04. The first-order chi connectivity index (χ1) is 9.83. The second-order valence-electron chi connectivity index (χ2n) is 3.65. The maximum Gasteiger partial charge on any atom is 0.181 e. The number of aromatic nitrogens is 2. The van der Waals surface area contributed by atoms with Crippen LogP contribution in [0.2, 0.25) is 0 Å². The highest BCUT2D eigenvalue weighted by Crippen LogP contribution is 2.14. The number of hydroxylamine groups is 1. The van der Waals surface area contributed by atoms with E-state index in [1.54, 1.807) is 19.2 Å². The first-order valence-electron chi connectivity index (χ1n) is 5.68. The summed E-state index contributed by atoms with van der Waals surface area (Å²) < 4.78 is 9.31. The first kappa shape index (κ1) is 13.7. The van der Waals surface area contributed by atoms with E-state index < -0.39 is 0 Å². The van der Waals surface area contributed by atoms with Gasteiger partial charge in [-0.2, -0.15) is 0 Å². The highest BCUT2D eigenvalue weighted by Gasteiger charge is 2.07. The van der Waals surface area contributed by atoms with Gasteiger partial charge in [0.2, 0.25) is 0 Å². The fourth-order valence-electron chi connectivity index (χ4n) is 1.40. The number of benzene rings is 1. The van der Waals surface area contributed by atoms with Crippen molar-refractivity contribution in [2.45, 2.75) is 0 Å². The van der Waals surface area contributed by atoms with Crippen molar-refractivity contribution in [3.63, 3.8) is 0 Å². The second-order valence-corrected chi connectivity index (χ2v) is 3.65. The molecule has 0 fully saturated rings. The Balaban J connectivity index is 2.25. The summed E-state index contributed by atoms with van der Waals surface area (Å²) >= 11 is 0. The molecular formula is C13H12N4O3. The zero-order chi connectivity index (χ0) is 14.2. The Labute approximate surface area is 115 Å². The van der Waals surface area contributed by atoms with Crippen molar-refractivity contribution < 1.29 is 14.6 Å². The molecule has 102 valence electrons. The van der Waals surface area contributed by atoms with E-state index in [0.717, 1.165) is 5.56 Å². The molecule has 0 aliphatic carbocycles. The van der Waals surface area contributed by atoms with E-state index in [0.29, 0.717) is 18.0 Å². The molecule has 0 aliphatic heterocycles. The lowest BCUT2D eigenvalue weighted by Gasteiger charge is -2.00. The Morgan fingerprint density at radius 2 is 2.45 bits per heavy atom. The third-order valence-electron chi connectivity index (χ3n) is 2.25. The molecule has 1 aromatic carbocycles. The van der Waals surface area contributed by atoms with Crippen LogP contribution < -0.4 is 5.48 Å². The minimum Gasteiger partial charge on any atom is -0.372 e. The molecule has 0 saturated heterocycles. The molecule has 2 N–H and O–H groups in total. The lowest BCUT2D eigenvalue weighted by molar-refractivity contribution is 0.234. The highest BCUT2D eigenvalue weighted by atomic mass is 16.6. The molecule has 0 spiro atoms. The molecule has 0 radical (unpaired) electrons. The highest BCUT2D eigenvalue weighted by molar-refractivity contribution is 5.97. The van der Waals surface area contributed by atoms with E-state index in [4.69, 9.17) is 9.94 Å². The van der Waals surface area contributed by atoms with Crippen LogP contribution in [0.3, 0.4) is 0 Å². The molecular weight excluding hydrogens is 260 g/mol. The van der Waals surface area contributed by atoms with E-state index in [-0.39, 0.29) is 5.84 Å². The monoisotopic (exact) mass is 272 g/mol. The van der Waals surface area contributed by atoms with Crippen LogP contribution in [0.25, 0.3) is 0 Å². The van der Waals surface area contributed by atoms with Gasteiger partial charge in [-0.3, -0.25) is 10.7 Å². The minimum absolute atomic E-state index is 0.133. The zero-order valence-corrected chi connectivity index (χ0v) is 10.7. The number of ether oxygens (including phenoxy) is 1. The number of nitrogens with one attached hydrogen (secondary N) is 1. The van der Waals surface area contributed by atoms with Crippen molar-refractivity contribution in [3.8, 4) is 11.8 Å². The van der Waals surface area contributed by atoms with Gasteiger partial charge < -0.3 is 4.74 Å². The van der Waals surface area contributed by atoms with Gasteiger partial charge in [0.25, 0.3) is 0 Å². The lowest BCUT2D eigenvalue weighted by Crippen LogP contribution is -2.20. The van der Waals surface area contributed by atoms with Crippen LogP contribution in [0.4, 0.5) is 5.69 Å². The smallest absolute Gasteiger partial charge is 0.181 e. The molecule has 7 heteroatoms. The van der Waals surface area contributed by atoms with E-state index in [2.05, 4.69) is 31.8 Å². The molecule has 2 rings (SSSR count). The van der Waals surface area contributed by atoms with Crippen LogP contribution >= 0.6 is 0 Å². The predicted octanol–water partition coefficient (Wildman–Crippen LogP) is 1.12. The van der Waals surface area contributed by atoms with Gasteiger partial charge in [0.1, 0.15) is 12.8 Å². The van der Waals surface area contributed by atoms with Crippen LogP contribution in [-0.4, -0.2) is 35.1 Å². The van der Waals surface area contributed by atoms with Crippen LogP contribution in [-0.2, 0) is 4.74 Å². The maximum absolute atomic E-state index is 9.07. The van der Waals surface area contributed by atoms with Gasteiger partial charge in [0.15, 0.2) is 11.5 Å². The average molecular weight is 272 g/mol. The third kappa shape index (κ3) is 3.65. The van der Waals surface area contributed by atoms with E-state index in [1.807, 2.05) is 17.6 Å². The Hall–Kier alpha value is -2.69. The number of hydrogen-bond donors (Lipinski definition) is 2. The number of hydrogen-bond acceptors (Lipinski definition) is 6. The van der Waals surface area contributed by atoms with Crippen LogP contribution in [0, 0.1) is 11.8 Å². The van der Waals surface area contributed by atoms with Crippen molar-refractivity contribution >= 4 is 11.5 Å². The van der Waals surface area contributed by atoms with Crippen LogP contribution in [0.1, 0.15) is 11.3 Å². The summed E-state index contributed by atoms with van der Waals surface area (Å²) in [4.78, 5) is 4.20. The summed E-state index contributed by atoms with van der Waals surface area (Å²) in [5, 5.41) is 16.1. The van der Waals surface area contributed by atoms with Gasteiger partial charge in [0.05, 0.1) is 5.69 Å². The molecule has 0 unspecified atom stereocenters. The Morgan fingerprint density at radius 1 is 1.55 bits per heavy atom. The van der Waals surface area contributed by atoms with Crippen molar-refractivity contribution in [3.05, 3.63) is 41.7 Å². The Bertz CT molecular complexity index is 641. The topological polar surface area (TPSA) is 92.8 Å². The maximum atomic E-state index is 9.07. The number of rotatable bonds is 3. The van der Waals surface area contributed by atoms with Gasteiger partial charge in [-0.1, -0.05) is 23.1 Å². The summed E-state index contributed by atoms with van der Waals surface area (Å²) in [6.45, 7) is 0.363. The van der Waals surface area contributed by atoms with Crippen molar-refractivity contribution in [2.24, 2.45) is 4.99 Å². The van der Waals surface area contributed by atoms with Gasteiger partial charge >= 0.3 is 0 Å². The van der Waals surface area contributed by atoms with E-state index in [9.17, 15) is 0 Å². The number of methoxy groups -OCH3 is 1. The molecule has 0 amide bonds. The number of aliphatic imine (C=N–C) groups is 1. The zero-order valence-electron chi connectivity index (χ0n) is 10.7. The number of nitrogens with zero attached hydrogens (tertiary/aromatic N) is 3. The Kier molecular flexibility index (Phi) is 4.83. The summed E-state index contributed by atoms with van der Waals surface area (Å²) in [6.07, 6.45) is 1.34. The van der Waals surface area contributed by atoms with Crippen molar-refractivity contribution in [1.29, 1.82) is 0 Å². The molecule has 0 bridgehead atoms. The molecule has 0 saturated carbocycles. The van der Waals surface area contributed by atoms with Gasteiger partial charge in [0, 0.05) is 12.7 Å². The molecule has 7 nitrogen and oxygen atoms in total. The van der Waals surface area contributed by atoms with Crippen LogP contribution in [0.15, 0.2) is 40.1 Å². The quantitative estimate of drug-likeness (QED) is 0.376. The first-order valence-corrected chi connectivity index (χ1v) is 5.68. The molecule has 0 aliphatic rings. The van der Waals surface area contributed by atoms with Crippen molar-refractivity contribution in [1.82, 2.24) is 15.8 Å². The number of amidine groups is 1. The van der Waals surface area contributed by atoms with Crippen molar-refractivity contribution in [2.75, 3.05) is 13.7 Å². The molecule has 1 heterocycles. The van der Waals surface area contributed by atoms with Gasteiger partial charge in [-0.15, -0.1) is 0 Å². The van der Waals surface area contributed by atoms with Gasteiger partial charge in [-0.05, 0) is 23.4 Å². The molecule has 2 aromatic rings.